The molecule has 8 heteroatoms. The van der Waals surface area contributed by atoms with Crippen LogP contribution < -0.4 is 5.46 Å². The van der Waals surface area contributed by atoms with E-state index in [0.29, 0.717) is 5.46 Å². The van der Waals surface area contributed by atoms with Crippen LogP contribution in [0.4, 0.5) is 0 Å². The van der Waals surface area contributed by atoms with Crippen molar-refractivity contribution in [3.63, 3.8) is 0 Å². The fourth-order valence-electron chi connectivity index (χ4n) is 12.3. The molecule has 0 saturated heterocycles. The lowest BCUT2D eigenvalue weighted by Crippen LogP contribution is -2.29. The van der Waals surface area contributed by atoms with Gasteiger partial charge in [-0.1, -0.05) is 262 Å². The molecule has 0 aliphatic rings. The van der Waals surface area contributed by atoms with Crippen LogP contribution in [-0.4, -0.2) is 30.9 Å². The molecular formula is C78H54BBr2N3O2. The molecule has 3 heterocycles. The molecule has 0 unspecified atom stereocenters. The van der Waals surface area contributed by atoms with E-state index in [4.69, 9.17) is 0 Å². The minimum atomic E-state index is -1.44. The van der Waals surface area contributed by atoms with Crippen LogP contribution in [0, 0.1) is 0 Å². The van der Waals surface area contributed by atoms with Crippen LogP contribution in [0.1, 0.15) is 0 Å². The molecule has 0 amide bonds. The number of hydrogen-bond donors (Lipinski definition) is 2. The summed E-state index contributed by atoms with van der Waals surface area (Å²) >= 11 is 7.09. The third-order valence-corrected chi connectivity index (χ3v) is 17.6. The van der Waals surface area contributed by atoms with Gasteiger partial charge in [-0.2, -0.15) is 0 Å². The van der Waals surface area contributed by atoms with E-state index in [1.807, 2.05) is 60.7 Å². The summed E-state index contributed by atoms with van der Waals surface area (Å²) in [5.41, 5.74) is 20.7. The van der Waals surface area contributed by atoms with Gasteiger partial charge >= 0.3 is 7.12 Å². The van der Waals surface area contributed by atoms with Gasteiger partial charge in [0.05, 0.1) is 33.1 Å². The molecular weight excluding hydrogens is 1180 g/mol. The van der Waals surface area contributed by atoms with Gasteiger partial charge in [-0.3, -0.25) is 0 Å². The Hall–Kier alpha value is -9.80. The average Bonchev–Trinajstić information content (AvgIpc) is 2.23. The highest BCUT2D eigenvalue weighted by Crippen LogP contribution is 2.41. The fraction of sp³-hybridized carbons (Fsp3) is 0. The van der Waals surface area contributed by atoms with Gasteiger partial charge in [0.1, 0.15) is 0 Å². The quantitative estimate of drug-likeness (QED) is 0.149. The highest BCUT2D eigenvalue weighted by Gasteiger charge is 2.18. The van der Waals surface area contributed by atoms with Crippen LogP contribution in [0.5, 0.6) is 0 Å². The molecule has 13 aromatic carbocycles. The Bertz CT molecular complexity index is 4720. The van der Waals surface area contributed by atoms with Gasteiger partial charge in [0.25, 0.3) is 0 Å². The average molecular weight is 1240 g/mol. The van der Waals surface area contributed by atoms with Gasteiger partial charge < -0.3 is 23.7 Å². The maximum atomic E-state index is 9.24. The van der Waals surface area contributed by atoms with Crippen molar-refractivity contribution in [1.29, 1.82) is 0 Å². The topological polar surface area (TPSA) is 55.2 Å². The SMILES string of the molecule is Brc1ccccc1-c1ccccc1Br.OB(O)c1ccc(-n2c3ccccc3c3ccccc32)cc1.c1ccc(-c2ccccc2-c2ccc(-n3c4ccccc4c4ccccc43)cc2)c(-c2ccc(-n3c4ccccc4c4ccccc43)cc2)c1. The number of halogens is 2. The van der Waals surface area contributed by atoms with Gasteiger partial charge in [-0.15, -0.1) is 0 Å². The van der Waals surface area contributed by atoms with Crippen molar-refractivity contribution in [2.75, 3.05) is 0 Å². The molecule has 16 aromatic rings. The van der Waals surface area contributed by atoms with Crippen LogP contribution >= 0.6 is 31.9 Å². The Labute approximate surface area is 516 Å². The van der Waals surface area contributed by atoms with Crippen molar-refractivity contribution in [2.24, 2.45) is 0 Å². The second kappa shape index (κ2) is 23.7. The lowest BCUT2D eigenvalue weighted by molar-refractivity contribution is 0.426. The Morgan fingerprint density at radius 3 is 0.709 bits per heavy atom. The third kappa shape index (κ3) is 10.1. The second-order valence-corrected chi connectivity index (χ2v) is 22.9. The highest BCUT2D eigenvalue weighted by molar-refractivity contribution is 9.11. The number of nitrogens with zero attached hydrogens (tertiary/aromatic N) is 3. The molecule has 86 heavy (non-hydrogen) atoms. The first-order chi connectivity index (χ1) is 42.4. The fourth-order valence-corrected chi connectivity index (χ4v) is 13.3. The minimum absolute atomic E-state index is 0.490. The lowest BCUT2D eigenvalue weighted by atomic mass is 9.80. The Kier molecular flexibility index (Phi) is 14.9. The number of fused-ring (bicyclic) bond motifs is 9. The van der Waals surface area contributed by atoms with E-state index in [1.54, 1.807) is 12.1 Å². The molecule has 0 saturated carbocycles. The summed E-state index contributed by atoms with van der Waals surface area (Å²) < 4.78 is 9.17. The zero-order valence-corrected chi connectivity index (χ0v) is 49.8. The van der Waals surface area contributed by atoms with Gasteiger partial charge in [0, 0.05) is 58.3 Å². The summed E-state index contributed by atoms with van der Waals surface area (Å²) in [5.74, 6) is 0. The standard InChI is InChI=1S/C48H32N2.C18H14BNO2.C12H8Br2/c1-3-15-39(37(13-1)33-25-29-35(30-26-33)49-45-21-9-5-17-41(45)42-18-6-10-22-46(42)49)40-16-4-2-14-38(40)34-27-31-36(32-28-34)50-47-23-11-7-19-43(47)44-20-8-12-24-48(44)50;21-19(22)13-9-11-14(12-10-13)20-17-7-3-1-5-15(17)16-6-2-4-8-18(16)20;13-11-7-3-1-5-9(11)10-6-2-4-8-12(10)14/h1-32H;1-12,21-22H;1-8H. The summed E-state index contributed by atoms with van der Waals surface area (Å²) in [6.07, 6.45) is 0. The van der Waals surface area contributed by atoms with Crippen molar-refractivity contribution in [2.45, 2.75) is 0 Å². The maximum absolute atomic E-state index is 9.24. The molecule has 0 fully saturated rings. The maximum Gasteiger partial charge on any atom is 0.488 e. The monoisotopic (exact) mass is 1230 g/mol. The smallest absolute Gasteiger partial charge is 0.423 e. The van der Waals surface area contributed by atoms with Gasteiger partial charge in [0.2, 0.25) is 0 Å². The van der Waals surface area contributed by atoms with Crippen LogP contribution in [0.15, 0.2) is 324 Å². The number of para-hydroxylation sites is 6. The van der Waals surface area contributed by atoms with Gasteiger partial charge in [-0.25, -0.2) is 0 Å². The van der Waals surface area contributed by atoms with Crippen molar-refractivity contribution in [3.8, 4) is 61.6 Å². The van der Waals surface area contributed by atoms with Crippen molar-refractivity contribution < 1.29 is 10.0 Å². The molecule has 16 rings (SSSR count). The van der Waals surface area contributed by atoms with Gasteiger partial charge in [-0.05, 0) is 135 Å². The zero-order valence-electron chi connectivity index (χ0n) is 46.6. The largest absolute Gasteiger partial charge is 0.488 e. The summed E-state index contributed by atoms with van der Waals surface area (Å²) in [7, 11) is -1.44. The van der Waals surface area contributed by atoms with Crippen LogP contribution in [0.25, 0.3) is 127 Å². The molecule has 410 valence electrons. The number of hydrogen-bond acceptors (Lipinski definition) is 2. The van der Waals surface area contributed by atoms with Crippen LogP contribution in [0.2, 0.25) is 0 Å². The number of rotatable bonds is 8. The first kappa shape index (κ1) is 54.2. The molecule has 0 bridgehead atoms. The van der Waals surface area contributed by atoms with Crippen LogP contribution in [-0.2, 0) is 0 Å². The van der Waals surface area contributed by atoms with E-state index in [1.165, 1.54) is 98.9 Å². The van der Waals surface area contributed by atoms with Crippen molar-refractivity contribution in [1.82, 2.24) is 13.7 Å². The summed E-state index contributed by atoms with van der Waals surface area (Å²) in [6.45, 7) is 0. The van der Waals surface area contributed by atoms with Crippen molar-refractivity contribution >= 4 is 110 Å². The Morgan fingerprint density at radius 2 is 0.442 bits per heavy atom. The molecule has 2 N–H and O–H groups in total. The Balaban J connectivity index is 0.000000148. The number of aromatic nitrogens is 3. The van der Waals surface area contributed by atoms with E-state index in [9.17, 15) is 10.0 Å². The molecule has 0 radical (unpaired) electrons. The minimum Gasteiger partial charge on any atom is -0.423 e. The molecule has 3 aromatic heterocycles. The summed E-state index contributed by atoms with van der Waals surface area (Å²) in [6, 6.07) is 111. The molecule has 0 aliphatic heterocycles. The first-order valence-electron chi connectivity index (χ1n) is 28.7. The number of benzene rings is 13. The summed E-state index contributed by atoms with van der Waals surface area (Å²) in [5, 5.41) is 26.0. The predicted octanol–water partition coefficient (Wildman–Crippen LogP) is 20.2. The molecule has 0 spiro atoms. The van der Waals surface area contributed by atoms with Crippen LogP contribution in [0.3, 0.4) is 0 Å². The third-order valence-electron chi connectivity index (χ3n) is 16.2. The normalized spacial score (nSPS) is 11.3. The molecule has 5 nitrogen and oxygen atoms in total. The van der Waals surface area contributed by atoms with E-state index in [0.717, 1.165) is 37.0 Å². The van der Waals surface area contributed by atoms with E-state index >= 15 is 0 Å². The van der Waals surface area contributed by atoms with E-state index < -0.39 is 7.12 Å². The summed E-state index contributed by atoms with van der Waals surface area (Å²) in [4.78, 5) is 0. The first-order valence-corrected chi connectivity index (χ1v) is 30.3. The lowest BCUT2D eigenvalue weighted by Gasteiger charge is -2.16. The zero-order chi connectivity index (χ0) is 58.1. The second-order valence-electron chi connectivity index (χ2n) is 21.2. The van der Waals surface area contributed by atoms with Gasteiger partial charge in [0.15, 0.2) is 0 Å². The molecule has 0 atom stereocenters. The van der Waals surface area contributed by atoms with Crippen molar-refractivity contribution in [3.05, 3.63) is 324 Å². The Morgan fingerprint density at radius 1 is 0.221 bits per heavy atom. The molecule has 0 aliphatic carbocycles. The van der Waals surface area contributed by atoms with E-state index in [2.05, 4.69) is 288 Å². The van der Waals surface area contributed by atoms with E-state index in [-0.39, 0.29) is 0 Å². The predicted molar refractivity (Wildman–Crippen MR) is 369 cm³/mol. The highest BCUT2D eigenvalue weighted by atomic mass is 79.9.